The van der Waals surface area contributed by atoms with E-state index in [1.807, 2.05) is 13.8 Å². The number of ether oxygens (including phenoxy) is 2. The molecule has 5 N–H and O–H groups in total. The number of nitrogens with one attached hydrogen (secondary N) is 1. The summed E-state index contributed by atoms with van der Waals surface area (Å²) in [4.78, 5) is 24.3. The minimum atomic E-state index is -1.32. The average molecular weight is 367 g/mol. The van der Waals surface area contributed by atoms with Crippen molar-refractivity contribution >= 4 is 11.8 Å². The fraction of sp³-hybridized carbons (Fsp3) is 0.647. The summed E-state index contributed by atoms with van der Waals surface area (Å²) in [5, 5.41) is 22.9. The molecule has 0 aromatic rings. The van der Waals surface area contributed by atoms with Crippen molar-refractivity contribution < 1.29 is 29.3 Å². The zero-order chi connectivity index (χ0) is 19.4. The first-order valence-corrected chi connectivity index (χ1v) is 8.38. The number of rotatable bonds is 5. The van der Waals surface area contributed by atoms with Crippen LogP contribution >= 0.6 is 0 Å². The average Bonchev–Trinajstić information content (AvgIpc) is 2.83. The topological polar surface area (TPSA) is 134 Å². The lowest BCUT2D eigenvalue weighted by Gasteiger charge is -2.33. The van der Waals surface area contributed by atoms with E-state index in [9.17, 15) is 19.8 Å². The van der Waals surface area contributed by atoms with E-state index < -0.39 is 36.7 Å². The third-order valence-corrected chi connectivity index (χ3v) is 3.90. The molecule has 9 nitrogen and oxygen atoms in total. The normalized spacial score (nSPS) is 31.3. The number of nitrogens with zero attached hydrogens (tertiary/aromatic N) is 1. The molecule has 0 bridgehead atoms. The maximum Gasteiger partial charge on any atom is 0.325 e. The molecule has 2 amide bonds. The Balaban J connectivity index is 2.16. The first kappa shape index (κ1) is 20.4. The molecule has 0 aromatic heterocycles. The summed E-state index contributed by atoms with van der Waals surface area (Å²) in [7, 11) is 0. The summed E-state index contributed by atoms with van der Waals surface area (Å²) in [6.45, 7) is 5.17. The Bertz CT molecular complexity index is 638. The number of nitrogens with two attached hydrogens (primary N) is 1. The van der Waals surface area contributed by atoms with Gasteiger partial charge in [-0.05, 0) is 20.8 Å². The molecule has 2 heterocycles. The Morgan fingerprint density at radius 2 is 2.15 bits per heavy atom. The van der Waals surface area contributed by atoms with E-state index in [0.29, 0.717) is 5.57 Å². The fourth-order valence-electron chi connectivity index (χ4n) is 2.53. The molecule has 0 saturated carbocycles. The van der Waals surface area contributed by atoms with Gasteiger partial charge in [-0.1, -0.05) is 11.8 Å². The van der Waals surface area contributed by atoms with Gasteiger partial charge in [0.1, 0.15) is 30.3 Å². The fourth-order valence-corrected chi connectivity index (χ4v) is 2.53. The van der Waals surface area contributed by atoms with Crippen molar-refractivity contribution in [2.24, 2.45) is 5.73 Å². The van der Waals surface area contributed by atoms with Crippen molar-refractivity contribution in [1.82, 2.24) is 10.2 Å². The van der Waals surface area contributed by atoms with Crippen LogP contribution in [0.2, 0.25) is 0 Å². The Kier molecular flexibility index (Phi) is 6.75. The zero-order valence-corrected chi connectivity index (χ0v) is 15.0. The van der Waals surface area contributed by atoms with Crippen molar-refractivity contribution in [2.75, 3.05) is 6.61 Å². The molecule has 144 valence electrons. The maximum atomic E-state index is 12.2. The second kappa shape index (κ2) is 8.62. The molecule has 2 aliphatic heterocycles. The molecular weight excluding hydrogens is 342 g/mol. The summed E-state index contributed by atoms with van der Waals surface area (Å²) in [6, 6.07) is -0.587. The number of carbonyl (C=O) groups is 2. The molecule has 5 unspecified atom stereocenters. The van der Waals surface area contributed by atoms with Gasteiger partial charge in [-0.3, -0.25) is 9.69 Å². The van der Waals surface area contributed by atoms with E-state index in [4.69, 9.17) is 15.2 Å². The molecule has 26 heavy (non-hydrogen) atoms. The van der Waals surface area contributed by atoms with Crippen LogP contribution in [0.15, 0.2) is 11.8 Å². The minimum absolute atomic E-state index is 0.0634. The largest absolute Gasteiger partial charge is 0.387 e. The lowest BCUT2D eigenvalue weighted by Crippen LogP contribution is -2.56. The van der Waals surface area contributed by atoms with Gasteiger partial charge in [-0.15, -0.1) is 0 Å². The molecule has 2 rings (SSSR count). The summed E-state index contributed by atoms with van der Waals surface area (Å²) < 4.78 is 11.0. The monoisotopic (exact) mass is 367 g/mol. The highest BCUT2D eigenvalue weighted by molar-refractivity contribution is 5.79. The third-order valence-electron chi connectivity index (χ3n) is 3.90. The van der Waals surface area contributed by atoms with Crippen LogP contribution in [0.1, 0.15) is 27.2 Å². The lowest BCUT2D eigenvalue weighted by molar-refractivity contribution is -0.116. The molecule has 9 heteroatoms. The van der Waals surface area contributed by atoms with E-state index in [-0.39, 0.29) is 24.9 Å². The van der Waals surface area contributed by atoms with Crippen molar-refractivity contribution in [3.63, 3.8) is 0 Å². The predicted octanol–water partition coefficient (Wildman–Crippen LogP) is -0.965. The second-order valence-electron chi connectivity index (χ2n) is 6.53. The van der Waals surface area contributed by atoms with Crippen molar-refractivity contribution in [1.29, 1.82) is 0 Å². The number of hydrogen-bond acceptors (Lipinski definition) is 7. The molecule has 0 aromatic carbocycles. The van der Waals surface area contributed by atoms with E-state index >= 15 is 0 Å². The highest BCUT2D eigenvalue weighted by atomic mass is 16.6. The van der Waals surface area contributed by atoms with E-state index in [2.05, 4.69) is 17.2 Å². The maximum absolute atomic E-state index is 12.2. The van der Waals surface area contributed by atoms with Gasteiger partial charge < -0.3 is 30.7 Å². The van der Waals surface area contributed by atoms with Gasteiger partial charge in [0.25, 0.3) is 0 Å². The summed E-state index contributed by atoms with van der Waals surface area (Å²) in [5.74, 6) is 5.32. The van der Waals surface area contributed by atoms with E-state index in [1.54, 1.807) is 0 Å². The highest BCUT2D eigenvalue weighted by Crippen LogP contribution is 2.27. The van der Waals surface area contributed by atoms with Gasteiger partial charge in [0.05, 0.1) is 24.7 Å². The Morgan fingerprint density at radius 1 is 1.46 bits per heavy atom. The SMILES string of the molecule is CC(=O)CC#CC1=CN(C2OC(COC(C)C)C(O)C2O)C(=O)NC1N. The lowest BCUT2D eigenvalue weighted by atomic mass is 10.1. The Hall–Kier alpha value is -1.96. The standard InChI is InChI=1S/C17H25N3O6/c1-9(2)25-8-12-13(22)14(23)16(26-12)20-7-11(6-4-5-10(3)21)15(18)19-17(20)24/h7,9,12-16,22-23H,5,8,18H2,1-3H3,(H,19,24). The van der Waals surface area contributed by atoms with Crippen LogP contribution in [0, 0.1) is 11.8 Å². The Morgan fingerprint density at radius 3 is 2.77 bits per heavy atom. The van der Waals surface area contributed by atoms with Gasteiger partial charge in [-0.25, -0.2) is 4.79 Å². The summed E-state index contributed by atoms with van der Waals surface area (Å²) >= 11 is 0. The van der Waals surface area contributed by atoms with Crippen LogP contribution in [-0.4, -0.2) is 70.3 Å². The van der Waals surface area contributed by atoms with Gasteiger partial charge in [-0.2, -0.15) is 0 Å². The molecule has 0 spiro atoms. The number of Topliss-reactive ketones (excluding diaryl/α,β-unsaturated/α-hetero) is 1. The van der Waals surface area contributed by atoms with Crippen LogP contribution in [0.3, 0.4) is 0 Å². The van der Waals surface area contributed by atoms with Gasteiger partial charge in [0.2, 0.25) is 0 Å². The molecular formula is C17H25N3O6. The van der Waals surface area contributed by atoms with E-state index in [0.717, 1.165) is 4.90 Å². The molecule has 5 atom stereocenters. The number of amides is 2. The number of aliphatic hydroxyl groups is 2. The first-order valence-electron chi connectivity index (χ1n) is 8.38. The van der Waals surface area contributed by atoms with Gasteiger partial charge in [0.15, 0.2) is 6.23 Å². The molecule has 2 aliphatic rings. The van der Waals surface area contributed by atoms with Crippen molar-refractivity contribution in [2.45, 2.75) is 64.0 Å². The first-order chi connectivity index (χ1) is 12.2. The Labute approximate surface area is 152 Å². The number of ketones is 1. The van der Waals surface area contributed by atoms with Crippen LogP contribution in [-0.2, 0) is 14.3 Å². The van der Waals surface area contributed by atoms with Gasteiger partial charge in [0, 0.05) is 6.20 Å². The second-order valence-corrected chi connectivity index (χ2v) is 6.53. The number of urea groups is 1. The third kappa shape index (κ3) is 4.81. The number of aliphatic hydroxyl groups excluding tert-OH is 2. The molecule has 0 radical (unpaired) electrons. The smallest absolute Gasteiger partial charge is 0.325 e. The number of hydrogen-bond donors (Lipinski definition) is 4. The predicted molar refractivity (Wildman–Crippen MR) is 91.3 cm³/mol. The summed E-state index contributed by atoms with van der Waals surface area (Å²) in [5.41, 5.74) is 6.19. The van der Waals surface area contributed by atoms with Crippen molar-refractivity contribution in [3.8, 4) is 11.8 Å². The highest BCUT2D eigenvalue weighted by Gasteiger charge is 2.47. The van der Waals surface area contributed by atoms with Crippen molar-refractivity contribution in [3.05, 3.63) is 11.8 Å². The van der Waals surface area contributed by atoms with Crippen LogP contribution in [0.4, 0.5) is 4.79 Å². The van der Waals surface area contributed by atoms with Gasteiger partial charge >= 0.3 is 6.03 Å². The quantitative estimate of drug-likeness (QED) is 0.460. The summed E-state index contributed by atoms with van der Waals surface area (Å²) in [6.07, 6.45) is -3.88. The zero-order valence-electron chi connectivity index (χ0n) is 15.0. The molecule has 1 saturated heterocycles. The minimum Gasteiger partial charge on any atom is -0.387 e. The van der Waals surface area contributed by atoms with Crippen LogP contribution in [0.5, 0.6) is 0 Å². The van der Waals surface area contributed by atoms with Crippen LogP contribution in [0.25, 0.3) is 0 Å². The van der Waals surface area contributed by atoms with E-state index in [1.165, 1.54) is 13.1 Å². The molecule has 0 aliphatic carbocycles. The van der Waals surface area contributed by atoms with Crippen LogP contribution < -0.4 is 11.1 Å². The molecule has 1 fully saturated rings. The number of carbonyl (C=O) groups excluding carboxylic acids is 2.